The van der Waals surface area contributed by atoms with Crippen molar-refractivity contribution in [2.24, 2.45) is 0 Å². The van der Waals surface area contributed by atoms with Gasteiger partial charge < -0.3 is 35.0 Å². The number of nitrogens with zero attached hydrogens (tertiary/aromatic N) is 4. The average molecular weight is 625 g/mol. The van der Waals surface area contributed by atoms with Crippen LogP contribution >= 0.6 is 0 Å². The standard InChI is InChI=1S/C32H44N6O7/c1-6-44-30(43)38-16-14-37(15-17-38)29(42)23(12-13-26(39)40)34-28(41)24-18-25(35-27(33-24)21-10-8-7-9-11-21)45-22-19-31(2,3)36-32(4,5)20-22/h7-11,18,22-23,36H,6,12-17,19-20H2,1-5H3,(H,34,41)(H,39,40)/t23-/m0/s1. The van der Waals surface area contributed by atoms with Crippen LogP contribution in [0, 0.1) is 0 Å². The van der Waals surface area contributed by atoms with E-state index < -0.39 is 29.9 Å². The van der Waals surface area contributed by atoms with Gasteiger partial charge in [0.25, 0.3) is 5.91 Å². The molecule has 2 aliphatic heterocycles. The van der Waals surface area contributed by atoms with E-state index in [4.69, 9.17) is 9.47 Å². The second kappa shape index (κ2) is 14.2. The Balaban J connectivity index is 1.56. The number of piperazine rings is 1. The number of benzene rings is 1. The second-order valence-corrected chi connectivity index (χ2v) is 12.8. The summed E-state index contributed by atoms with van der Waals surface area (Å²) in [7, 11) is 0. The number of nitrogens with one attached hydrogen (secondary N) is 2. The zero-order valence-electron chi connectivity index (χ0n) is 26.7. The smallest absolute Gasteiger partial charge is 0.409 e. The number of carbonyl (C=O) groups excluding carboxylic acids is 3. The number of carbonyl (C=O) groups is 4. The Hall–Kier alpha value is -4.26. The first-order chi connectivity index (χ1) is 21.2. The van der Waals surface area contributed by atoms with E-state index in [1.54, 1.807) is 6.92 Å². The number of rotatable bonds is 10. The van der Waals surface area contributed by atoms with Crippen molar-refractivity contribution in [2.75, 3.05) is 32.8 Å². The SMILES string of the molecule is CCOC(=O)N1CCN(C(=O)[C@H](CCC(=O)O)NC(=O)c2cc(OC3CC(C)(C)NC(C)(C)C3)nc(-c3ccccc3)n2)CC1. The minimum Gasteiger partial charge on any atom is -0.481 e. The number of amides is 3. The monoisotopic (exact) mass is 624 g/mol. The molecule has 0 aliphatic carbocycles. The summed E-state index contributed by atoms with van der Waals surface area (Å²) in [6, 6.07) is 9.54. The summed E-state index contributed by atoms with van der Waals surface area (Å²) in [6.45, 7) is 11.4. The van der Waals surface area contributed by atoms with Crippen molar-refractivity contribution < 1.29 is 33.8 Å². The minimum absolute atomic E-state index is 0.00781. The summed E-state index contributed by atoms with van der Waals surface area (Å²) in [5.41, 5.74) is 0.315. The second-order valence-electron chi connectivity index (χ2n) is 12.8. The topological polar surface area (TPSA) is 163 Å². The van der Waals surface area contributed by atoms with Crippen LogP contribution in [0.2, 0.25) is 0 Å². The van der Waals surface area contributed by atoms with Gasteiger partial charge in [-0.3, -0.25) is 14.4 Å². The molecule has 0 unspecified atom stereocenters. The normalized spacial score (nSPS) is 18.5. The first-order valence-electron chi connectivity index (χ1n) is 15.4. The van der Waals surface area contributed by atoms with E-state index in [0.29, 0.717) is 5.56 Å². The van der Waals surface area contributed by atoms with Gasteiger partial charge >= 0.3 is 12.1 Å². The maximum absolute atomic E-state index is 13.7. The summed E-state index contributed by atoms with van der Waals surface area (Å²) in [4.78, 5) is 62.9. The third-order valence-corrected chi connectivity index (χ3v) is 7.78. The Morgan fingerprint density at radius 2 is 1.62 bits per heavy atom. The Morgan fingerprint density at radius 1 is 1.00 bits per heavy atom. The van der Waals surface area contributed by atoms with E-state index in [-0.39, 0.29) is 80.2 Å². The highest BCUT2D eigenvalue weighted by Gasteiger charge is 2.39. The molecule has 1 atom stereocenters. The van der Waals surface area contributed by atoms with E-state index in [1.165, 1.54) is 15.9 Å². The van der Waals surface area contributed by atoms with Gasteiger partial charge in [0.1, 0.15) is 17.8 Å². The van der Waals surface area contributed by atoms with Gasteiger partial charge in [-0.1, -0.05) is 30.3 Å². The molecule has 1 aromatic heterocycles. The molecule has 45 heavy (non-hydrogen) atoms. The molecule has 0 saturated carbocycles. The van der Waals surface area contributed by atoms with Crippen LogP contribution in [0.5, 0.6) is 5.88 Å². The first kappa shape index (κ1) is 33.6. The molecule has 0 bridgehead atoms. The van der Waals surface area contributed by atoms with Crippen LogP contribution in [-0.2, 0) is 14.3 Å². The molecule has 2 aromatic rings. The fourth-order valence-electron chi connectivity index (χ4n) is 6.10. The van der Waals surface area contributed by atoms with E-state index in [1.807, 2.05) is 30.3 Å². The summed E-state index contributed by atoms with van der Waals surface area (Å²) in [6.07, 6.45) is 0.373. The average Bonchev–Trinajstić information content (AvgIpc) is 2.97. The maximum atomic E-state index is 13.7. The molecule has 0 radical (unpaired) electrons. The zero-order chi connectivity index (χ0) is 32.8. The van der Waals surface area contributed by atoms with E-state index >= 15 is 0 Å². The third kappa shape index (κ3) is 9.37. The molecule has 13 nitrogen and oxygen atoms in total. The molecular weight excluding hydrogens is 580 g/mol. The van der Waals surface area contributed by atoms with Crippen molar-refractivity contribution in [3.8, 4) is 17.3 Å². The number of carboxylic acids is 1. The summed E-state index contributed by atoms with van der Waals surface area (Å²) in [5, 5.41) is 15.7. The molecule has 3 heterocycles. The van der Waals surface area contributed by atoms with Crippen LogP contribution in [0.4, 0.5) is 4.79 Å². The lowest BCUT2D eigenvalue weighted by molar-refractivity contribution is -0.138. The third-order valence-electron chi connectivity index (χ3n) is 7.78. The first-order valence-corrected chi connectivity index (χ1v) is 15.4. The van der Waals surface area contributed by atoms with Gasteiger partial charge in [0, 0.05) is 68.1 Å². The van der Waals surface area contributed by atoms with E-state index in [0.717, 1.165) is 12.8 Å². The van der Waals surface area contributed by atoms with Gasteiger partial charge in [-0.05, 0) is 41.0 Å². The Morgan fingerprint density at radius 3 is 2.22 bits per heavy atom. The fourth-order valence-corrected chi connectivity index (χ4v) is 6.10. The molecular formula is C32H44N6O7. The van der Waals surface area contributed by atoms with Crippen molar-refractivity contribution in [1.82, 2.24) is 30.4 Å². The number of carboxylic acid groups (broad SMARTS) is 1. The summed E-state index contributed by atoms with van der Waals surface area (Å²) >= 11 is 0. The van der Waals surface area contributed by atoms with Gasteiger partial charge in [-0.15, -0.1) is 0 Å². The predicted octanol–water partition coefficient (Wildman–Crippen LogP) is 3.10. The number of hydrogen-bond acceptors (Lipinski definition) is 9. The minimum atomic E-state index is -1.12. The Kier molecular flexibility index (Phi) is 10.6. The molecule has 2 saturated heterocycles. The van der Waals surface area contributed by atoms with Crippen molar-refractivity contribution >= 4 is 23.9 Å². The largest absolute Gasteiger partial charge is 0.481 e. The predicted molar refractivity (Wildman–Crippen MR) is 166 cm³/mol. The highest BCUT2D eigenvalue weighted by molar-refractivity contribution is 5.96. The van der Waals surface area contributed by atoms with Crippen molar-refractivity contribution in [1.29, 1.82) is 0 Å². The van der Waals surface area contributed by atoms with Crippen molar-refractivity contribution in [3.63, 3.8) is 0 Å². The van der Waals surface area contributed by atoms with Gasteiger partial charge in [-0.25, -0.2) is 9.78 Å². The van der Waals surface area contributed by atoms with E-state index in [2.05, 4.69) is 48.3 Å². The lowest BCUT2D eigenvalue weighted by Gasteiger charge is -2.46. The Labute approximate surface area is 263 Å². The Bertz CT molecular complexity index is 1360. The highest BCUT2D eigenvalue weighted by atomic mass is 16.6. The number of aromatic nitrogens is 2. The summed E-state index contributed by atoms with van der Waals surface area (Å²) in [5.74, 6) is -1.66. The zero-order valence-corrected chi connectivity index (χ0v) is 26.7. The fraction of sp³-hybridized carbons (Fsp3) is 0.562. The number of piperidine rings is 1. The van der Waals surface area contributed by atoms with Gasteiger partial charge in [0.2, 0.25) is 11.8 Å². The number of ether oxygens (including phenoxy) is 2. The molecule has 13 heteroatoms. The highest BCUT2D eigenvalue weighted by Crippen LogP contribution is 2.31. The molecule has 3 amide bonds. The molecule has 1 aromatic carbocycles. The van der Waals surface area contributed by atoms with Crippen LogP contribution < -0.4 is 15.4 Å². The molecule has 4 rings (SSSR count). The van der Waals surface area contributed by atoms with Gasteiger partial charge in [0.15, 0.2) is 5.82 Å². The molecule has 3 N–H and O–H groups in total. The number of hydrogen-bond donors (Lipinski definition) is 3. The molecule has 244 valence electrons. The lowest BCUT2D eigenvalue weighted by Crippen LogP contribution is -2.60. The molecule has 0 spiro atoms. The van der Waals surface area contributed by atoms with Crippen LogP contribution in [0.1, 0.15) is 70.8 Å². The van der Waals surface area contributed by atoms with Crippen LogP contribution in [0.3, 0.4) is 0 Å². The maximum Gasteiger partial charge on any atom is 0.409 e. The van der Waals surface area contributed by atoms with Gasteiger partial charge in [-0.2, -0.15) is 4.98 Å². The van der Waals surface area contributed by atoms with Gasteiger partial charge in [0.05, 0.1) is 6.61 Å². The quantitative estimate of drug-likeness (QED) is 0.358. The van der Waals surface area contributed by atoms with Crippen LogP contribution in [-0.4, -0.2) is 105 Å². The van der Waals surface area contributed by atoms with Crippen LogP contribution in [0.15, 0.2) is 36.4 Å². The van der Waals surface area contributed by atoms with Crippen molar-refractivity contribution in [3.05, 3.63) is 42.1 Å². The molecule has 2 fully saturated rings. The van der Waals surface area contributed by atoms with E-state index in [9.17, 15) is 24.3 Å². The van der Waals surface area contributed by atoms with Crippen molar-refractivity contribution in [2.45, 2.75) is 83.5 Å². The summed E-state index contributed by atoms with van der Waals surface area (Å²) < 4.78 is 11.4. The molecule has 2 aliphatic rings. The lowest BCUT2D eigenvalue weighted by atomic mass is 9.81. The van der Waals surface area contributed by atoms with Crippen LogP contribution in [0.25, 0.3) is 11.4 Å². The number of aliphatic carboxylic acids is 1.